The lowest BCUT2D eigenvalue weighted by molar-refractivity contribution is -0.408. The standard InChI is InChI=1S/C46H47ClFIO8/c1-4-52-41-23-20-36(25-40(41)48)24-37-26-38(21-22-39(37)47)46(51-3)44(55-29-35-18-12-7-13-19-35)42(53-27-33-14-8-5-9-15-33)43(54-28-34-16-10-6-11-17-34)45(30-49,57-46)31-56-32(2)50/h5-23,25-26,42-44H,4,24,27-31H2,1-3H3/t42-,43-,44+,45+,46-/m0/s1. The molecule has 1 fully saturated rings. The Morgan fingerprint density at radius 2 is 1.35 bits per heavy atom. The van der Waals surface area contributed by atoms with Gasteiger partial charge in [-0.1, -0.05) is 137 Å². The second kappa shape index (κ2) is 20.2. The molecule has 1 heterocycles. The van der Waals surface area contributed by atoms with Gasteiger partial charge < -0.3 is 33.2 Å². The third kappa shape index (κ3) is 10.4. The summed E-state index contributed by atoms with van der Waals surface area (Å²) in [5.41, 5.74) is 3.44. The number of hydrogen-bond donors (Lipinski definition) is 0. The largest absolute Gasteiger partial charge is 0.491 e. The fourth-order valence-electron chi connectivity index (χ4n) is 7.06. The fourth-order valence-corrected chi connectivity index (χ4v) is 8.05. The van der Waals surface area contributed by atoms with Crippen molar-refractivity contribution in [1.82, 2.24) is 0 Å². The minimum Gasteiger partial charge on any atom is -0.491 e. The average molecular weight is 909 g/mol. The van der Waals surface area contributed by atoms with Crippen molar-refractivity contribution in [3.63, 3.8) is 0 Å². The lowest BCUT2D eigenvalue weighted by atomic mass is 9.81. The van der Waals surface area contributed by atoms with Gasteiger partial charge in [-0.25, -0.2) is 4.39 Å². The van der Waals surface area contributed by atoms with Crippen molar-refractivity contribution in [2.24, 2.45) is 0 Å². The van der Waals surface area contributed by atoms with E-state index in [4.69, 9.17) is 44.8 Å². The molecule has 57 heavy (non-hydrogen) atoms. The zero-order valence-corrected chi connectivity index (χ0v) is 35.1. The number of carbonyl (C=O) groups is 1. The summed E-state index contributed by atoms with van der Waals surface area (Å²) in [6.07, 6.45) is -2.35. The maximum absolute atomic E-state index is 15.0. The number of halogens is 3. The van der Waals surface area contributed by atoms with E-state index in [1.165, 1.54) is 13.0 Å². The molecule has 5 aromatic rings. The van der Waals surface area contributed by atoms with Crippen molar-refractivity contribution >= 4 is 40.2 Å². The Bertz CT molecular complexity index is 2040. The predicted molar refractivity (Wildman–Crippen MR) is 225 cm³/mol. The Labute approximate surface area is 352 Å². The van der Waals surface area contributed by atoms with Crippen LogP contribution in [0.3, 0.4) is 0 Å². The van der Waals surface area contributed by atoms with Crippen LogP contribution in [0.1, 0.15) is 47.2 Å². The maximum atomic E-state index is 15.0. The SMILES string of the molecule is CCOc1ccc(Cc2cc([C@]3(OC)O[C@](CI)(COC(C)=O)[C@@H](OCc4ccccc4)[C@H](OCc4ccccc4)[C@H]3OCc3ccccc3)ccc2Cl)cc1F. The molecule has 0 N–H and O–H groups in total. The van der Waals surface area contributed by atoms with E-state index in [0.29, 0.717) is 39.2 Å². The summed E-state index contributed by atoms with van der Waals surface area (Å²) in [6, 6.07) is 39.8. The van der Waals surface area contributed by atoms with E-state index in [-0.39, 0.29) is 32.2 Å². The molecule has 0 amide bonds. The molecular weight excluding hydrogens is 862 g/mol. The zero-order chi connectivity index (χ0) is 40.3. The molecule has 6 rings (SSSR count). The highest BCUT2D eigenvalue weighted by atomic mass is 127. The molecule has 0 bridgehead atoms. The van der Waals surface area contributed by atoms with Crippen LogP contribution in [0.5, 0.6) is 5.75 Å². The fraction of sp³-hybridized carbons (Fsp3) is 0.326. The van der Waals surface area contributed by atoms with Gasteiger partial charge in [0.2, 0.25) is 5.79 Å². The van der Waals surface area contributed by atoms with E-state index in [9.17, 15) is 4.79 Å². The molecule has 8 nitrogen and oxygen atoms in total. The molecule has 0 radical (unpaired) electrons. The first-order valence-electron chi connectivity index (χ1n) is 18.8. The lowest BCUT2D eigenvalue weighted by Gasteiger charge is -2.56. The van der Waals surface area contributed by atoms with Crippen LogP contribution in [0, 0.1) is 5.82 Å². The minimum absolute atomic E-state index is 0.168. The highest BCUT2D eigenvalue weighted by Gasteiger charge is 2.64. The van der Waals surface area contributed by atoms with Gasteiger partial charge in [-0.3, -0.25) is 4.79 Å². The molecule has 0 unspecified atom stereocenters. The number of esters is 1. The van der Waals surface area contributed by atoms with Crippen LogP contribution in [0.2, 0.25) is 5.02 Å². The first kappa shape index (κ1) is 42.7. The van der Waals surface area contributed by atoms with Gasteiger partial charge in [0.05, 0.1) is 26.4 Å². The Kier molecular flexibility index (Phi) is 15.1. The average Bonchev–Trinajstić information content (AvgIpc) is 3.23. The number of hydrogen-bond acceptors (Lipinski definition) is 8. The maximum Gasteiger partial charge on any atom is 0.302 e. The van der Waals surface area contributed by atoms with Gasteiger partial charge in [0, 0.05) is 29.0 Å². The molecular formula is C46H47ClFIO8. The Morgan fingerprint density at radius 1 is 0.772 bits per heavy atom. The number of alkyl halides is 1. The first-order valence-corrected chi connectivity index (χ1v) is 20.7. The molecule has 0 aliphatic carbocycles. The summed E-state index contributed by atoms with van der Waals surface area (Å²) in [5.74, 6) is -2.43. The molecule has 5 aromatic carbocycles. The number of rotatable bonds is 18. The highest BCUT2D eigenvalue weighted by molar-refractivity contribution is 14.1. The van der Waals surface area contributed by atoms with Crippen LogP contribution < -0.4 is 4.74 Å². The Morgan fingerprint density at radius 3 is 1.88 bits per heavy atom. The van der Waals surface area contributed by atoms with E-state index < -0.39 is 41.5 Å². The first-order chi connectivity index (χ1) is 27.7. The van der Waals surface area contributed by atoms with Crippen molar-refractivity contribution in [3.8, 4) is 5.75 Å². The van der Waals surface area contributed by atoms with Crippen molar-refractivity contribution in [1.29, 1.82) is 0 Å². The van der Waals surface area contributed by atoms with Crippen molar-refractivity contribution < 1.29 is 42.3 Å². The second-order valence-corrected chi connectivity index (χ2v) is 15.0. The van der Waals surface area contributed by atoms with E-state index in [2.05, 4.69) is 22.6 Å². The smallest absolute Gasteiger partial charge is 0.302 e. The summed E-state index contributed by atoms with van der Waals surface area (Å²) < 4.78 is 61.3. The molecule has 0 spiro atoms. The third-order valence-electron chi connectivity index (χ3n) is 9.86. The van der Waals surface area contributed by atoms with Crippen molar-refractivity contribution in [2.45, 2.75) is 69.8 Å². The molecule has 1 aliphatic heterocycles. The molecule has 5 atom stereocenters. The van der Waals surface area contributed by atoms with E-state index in [0.717, 1.165) is 16.7 Å². The van der Waals surface area contributed by atoms with Gasteiger partial charge >= 0.3 is 5.97 Å². The molecule has 1 saturated heterocycles. The van der Waals surface area contributed by atoms with Crippen molar-refractivity contribution in [3.05, 3.63) is 172 Å². The van der Waals surface area contributed by atoms with Crippen LogP contribution in [-0.2, 0) is 65.2 Å². The van der Waals surface area contributed by atoms with Gasteiger partial charge in [-0.05, 0) is 65.4 Å². The monoisotopic (exact) mass is 908 g/mol. The van der Waals surface area contributed by atoms with Crippen LogP contribution in [0.4, 0.5) is 4.39 Å². The second-order valence-electron chi connectivity index (χ2n) is 13.8. The number of ether oxygens (including phenoxy) is 7. The molecule has 1 aliphatic rings. The van der Waals surface area contributed by atoms with Gasteiger partial charge in [-0.15, -0.1) is 0 Å². The van der Waals surface area contributed by atoms with Crippen LogP contribution in [0.15, 0.2) is 127 Å². The zero-order valence-electron chi connectivity index (χ0n) is 32.2. The van der Waals surface area contributed by atoms with Gasteiger partial charge in [-0.2, -0.15) is 0 Å². The summed E-state index contributed by atoms with van der Waals surface area (Å²) in [7, 11) is 1.55. The number of methoxy groups -OCH3 is 1. The normalized spacial score (nSPS) is 21.9. The van der Waals surface area contributed by atoms with Gasteiger partial charge in [0.1, 0.15) is 30.5 Å². The molecule has 0 saturated carbocycles. The van der Waals surface area contributed by atoms with Crippen LogP contribution in [-0.4, -0.2) is 54.6 Å². The lowest BCUT2D eigenvalue weighted by Crippen LogP contribution is -2.72. The predicted octanol–water partition coefficient (Wildman–Crippen LogP) is 9.79. The van der Waals surface area contributed by atoms with Gasteiger partial charge in [0.25, 0.3) is 0 Å². The molecule has 300 valence electrons. The summed E-state index contributed by atoms with van der Waals surface area (Å²) in [5, 5.41) is 0.470. The summed E-state index contributed by atoms with van der Waals surface area (Å²) >= 11 is 9.11. The highest BCUT2D eigenvalue weighted by Crippen LogP contribution is 2.49. The van der Waals surface area contributed by atoms with Crippen LogP contribution >= 0.6 is 34.2 Å². The summed E-state index contributed by atoms with van der Waals surface area (Å²) in [4.78, 5) is 12.5. The van der Waals surface area contributed by atoms with E-state index in [1.54, 1.807) is 19.2 Å². The number of benzene rings is 5. The van der Waals surface area contributed by atoms with E-state index >= 15 is 4.39 Å². The topological polar surface area (TPSA) is 81.7 Å². The Balaban J connectivity index is 1.50. The molecule has 11 heteroatoms. The number of carbonyl (C=O) groups excluding carboxylic acids is 1. The third-order valence-corrected chi connectivity index (χ3v) is 11.5. The van der Waals surface area contributed by atoms with Crippen LogP contribution in [0.25, 0.3) is 0 Å². The minimum atomic E-state index is -1.67. The summed E-state index contributed by atoms with van der Waals surface area (Å²) in [6.45, 7) is 3.96. The van der Waals surface area contributed by atoms with Gasteiger partial charge in [0.15, 0.2) is 11.6 Å². The van der Waals surface area contributed by atoms with E-state index in [1.807, 2.05) is 116 Å². The quantitative estimate of drug-likeness (QED) is 0.0489. The van der Waals surface area contributed by atoms with Crippen molar-refractivity contribution in [2.75, 3.05) is 24.8 Å². The molecule has 0 aromatic heterocycles. The Hall–Kier alpha value is -3.88.